The molecular formula is C29H33N3O6S2. The van der Waals surface area contributed by atoms with Crippen LogP contribution in [0.25, 0.3) is 0 Å². The van der Waals surface area contributed by atoms with Crippen LogP contribution in [0.1, 0.15) is 19.4 Å². The number of ether oxygens (including phenoxy) is 3. The number of sulfonamides is 1. The summed E-state index contributed by atoms with van der Waals surface area (Å²) < 4.78 is 45.0. The maximum atomic E-state index is 13.6. The van der Waals surface area contributed by atoms with Gasteiger partial charge in [0.1, 0.15) is 18.9 Å². The summed E-state index contributed by atoms with van der Waals surface area (Å²) in [6.45, 7) is 8.12. The molecule has 0 radical (unpaired) electrons. The molecule has 0 aromatic heterocycles. The Balaban J connectivity index is 1.81. The van der Waals surface area contributed by atoms with Gasteiger partial charge in [-0.1, -0.05) is 12.7 Å². The third-order valence-corrected chi connectivity index (χ3v) is 7.93. The highest BCUT2D eigenvalue weighted by molar-refractivity contribution is 7.98. The first-order chi connectivity index (χ1) is 19.3. The lowest BCUT2D eigenvalue weighted by atomic mass is 10.2. The molecule has 0 spiro atoms. The zero-order valence-electron chi connectivity index (χ0n) is 22.7. The normalized spacial score (nSPS) is 11.2. The highest BCUT2D eigenvalue weighted by Gasteiger charge is 2.27. The zero-order chi connectivity index (χ0) is 29.0. The van der Waals surface area contributed by atoms with Crippen LogP contribution in [0.3, 0.4) is 0 Å². The van der Waals surface area contributed by atoms with Crippen LogP contribution in [0.4, 0.5) is 5.69 Å². The molecule has 0 aliphatic carbocycles. The van der Waals surface area contributed by atoms with E-state index in [-0.39, 0.29) is 4.90 Å². The van der Waals surface area contributed by atoms with E-state index in [2.05, 4.69) is 17.1 Å². The number of carbonyl (C=O) groups is 1. The lowest BCUT2D eigenvalue weighted by Gasteiger charge is -2.24. The quantitative estimate of drug-likeness (QED) is 0.115. The summed E-state index contributed by atoms with van der Waals surface area (Å²) >= 11 is 1.50. The molecule has 0 saturated carbocycles. The summed E-state index contributed by atoms with van der Waals surface area (Å²) in [5.74, 6) is 1.06. The fraction of sp³-hybridized carbons (Fsp3) is 0.241. The molecule has 0 aliphatic heterocycles. The second kappa shape index (κ2) is 15.0. The minimum absolute atomic E-state index is 0.0673. The zero-order valence-corrected chi connectivity index (χ0v) is 24.3. The minimum Gasteiger partial charge on any atom is -0.494 e. The van der Waals surface area contributed by atoms with Gasteiger partial charge in [-0.2, -0.15) is 5.10 Å². The van der Waals surface area contributed by atoms with Gasteiger partial charge in [0, 0.05) is 4.90 Å². The van der Waals surface area contributed by atoms with Crippen molar-refractivity contribution in [3.8, 4) is 17.2 Å². The van der Waals surface area contributed by atoms with Crippen LogP contribution in [0.2, 0.25) is 0 Å². The summed E-state index contributed by atoms with van der Waals surface area (Å²) in [5, 5.41) is 4.02. The Hall–Kier alpha value is -3.96. The molecule has 11 heteroatoms. The predicted octanol–water partition coefficient (Wildman–Crippen LogP) is 5.12. The van der Waals surface area contributed by atoms with Crippen molar-refractivity contribution >= 4 is 39.6 Å². The van der Waals surface area contributed by atoms with Gasteiger partial charge in [0.25, 0.3) is 15.9 Å². The van der Waals surface area contributed by atoms with E-state index in [1.54, 1.807) is 60.7 Å². The number of amides is 1. The van der Waals surface area contributed by atoms with Gasteiger partial charge in [0.05, 0.1) is 30.0 Å². The van der Waals surface area contributed by atoms with Crippen molar-refractivity contribution in [3.63, 3.8) is 0 Å². The molecule has 3 aromatic rings. The van der Waals surface area contributed by atoms with Crippen molar-refractivity contribution < 1.29 is 27.4 Å². The molecule has 0 bridgehead atoms. The Morgan fingerprint density at radius 3 is 2.30 bits per heavy atom. The average molecular weight is 584 g/mol. The number of nitrogens with one attached hydrogen (secondary N) is 1. The predicted molar refractivity (Wildman–Crippen MR) is 159 cm³/mol. The topological polar surface area (TPSA) is 107 Å². The number of hydrazone groups is 1. The molecule has 1 N–H and O–H groups in total. The van der Waals surface area contributed by atoms with E-state index in [1.165, 1.54) is 30.1 Å². The Labute approximate surface area is 239 Å². The van der Waals surface area contributed by atoms with E-state index < -0.39 is 22.5 Å². The van der Waals surface area contributed by atoms with Gasteiger partial charge in [-0.05, 0) is 92.4 Å². The van der Waals surface area contributed by atoms with Gasteiger partial charge in [0.2, 0.25) is 0 Å². The van der Waals surface area contributed by atoms with Crippen LogP contribution < -0.4 is 23.9 Å². The van der Waals surface area contributed by atoms with E-state index in [4.69, 9.17) is 14.2 Å². The third kappa shape index (κ3) is 8.27. The molecule has 0 atom stereocenters. The Morgan fingerprint density at radius 2 is 1.68 bits per heavy atom. The van der Waals surface area contributed by atoms with Crippen molar-refractivity contribution in [2.45, 2.75) is 23.6 Å². The number of nitrogens with zero attached hydrogens (tertiary/aromatic N) is 2. The molecule has 9 nitrogen and oxygen atoms in total. The molecule has 40 heavy (non-hydrogen) atoms. The first-order valence-electron chi connectivity index (χ1n) is 12.5. The van der Waals surface area contributed by atoms with Crippen LogP contribution >= 0.6 is 11.8 Å². The highest BCUT2D eigenvalue weighted by atomic mass is 32.2. The number of hydrogen-bond acceptors (Lipinski definition) is 8. The van der Waals surface area contributed by atoms with Gasteiger partial charge in [-0.3, -0.25) is 9.10 Å². The average Bonchev–Trinajstić information content (AvgIpc) is 2.96. The second-order valence-corrected chi connectivity index (χ2v) is 10.9. The van der Waals surface area contributed by atoms with E-state index in [0.717, 1.165) is 9.20 Å². The van der Waals surface area contributed by atoms with Gasteiger partial charge in [-0.15, -0.1) is 11.8 Å². The fourth-order valence-corrected chi connectivity index (χ4v) is 5.38. The molecule has 3 rings (SSSR count). The van der Waals surface area contributed by atoms with Crippen molar-refractivity contribution in [1.29, 1.82) is 0 Å². The smallest absolute Gasteiger partial charge is 0.264 e. The standard InChI is InChI=1S/C29H33N3O6S2/c1-5-18-38-27-17-8-22(19-28(27)37-7-3)20-30-31-29(33)21-32(23-9-11-24(12-10-23)36-6-2)40(34,35)26-15-13-25(39-4)14-16-26/h5,8-17,19-20H,1,6-7,18,21H2,2-4H3,(H,31,33)/b30-20-. The van der Waals surface area contributed by atoms with Gasteiger partial charge >= 0.3 is 0 Å². The molecule has 0 aliphatic rings. The van der Waals surface area contributed by atoms with Crippen molar-refractivity contribution in [3.05, 3.63) is 84.9 Å². The maximum absolute atomic E-state index is 13.6. The summed E-state index contributed by atoms with van der Waals surface area (Å²) in [7, 11) is -4.07. The van der Waals surface area contributed by atoms with Crippen LogP contribution in [-0.2, 0) is 14.8 Å². The van der Waals surface area contributed by atoms with Crippen LogP contribution in [-0.4, -0.2) is 53.2 Å². The van der Waals surface area contributed by atoms with Gasteiger partial charge in [-0.25, -0.2) is 13.8 Å². The number of thioether (sulfide) groups is 1. The number of benzene rings is 3. The molecule has 0 fully saturated rings. The lowest BCUT2D eigenvalue weighted by molar-refractivity contribution is -0.119. The number of anilines is 1. The molecule has 0 saturated heterocycles. The number of hydrogen-bond donors (Lipinski definition) is 1. The lowest BCUT2D eigenvalue weighted by Crippen LogP contribution is -2.39. The van der Waals surface area contributed by atoms with Gasteiger partial charge in [0.15, 0.2) is 11.5 Å². The molecule has 1 amide bonds. The van der Waals surface area contributed by atoms with Crippen LogP contribution in [0.15, 0.2) is 94.3 Å². The Kier molecular flexibility index (Phi) is 11.5. The first-order valence-corrected chi connectivity index (χ1v) is 15.2. The molecule has 212 valence electrons. The molecule has 0 heterocycles. The van der Waals surface area contributed by atoms with E-state index in [0.29, 0.717) is 48.3 Å². The number of rotatable bonds is 15. The van der Waals surface area contributed by atoms with Crippen molar-refractivity contribution in [2.24, 2.45) is 5.10 Å². The van der Waals surface area contributed by atoms with Gasteiger partial charge < -0.3 is 14.2 Å². The summed E-state index contributed by atoms with van der Waals surface area (Å²) in [6, 6.07) is 18.2. The molecular weight excluding hydrogens is 550 g/mol. The van der Waals surface area contributed by atoms with E-state index in [9.17, 15) is 13.2 Å². The third-order valence-electron chi connectivity index (χ3n) is 5.40. The van der Waals surface area contributed by atoms with E-state index >= 15 is 0 Å². The van der Waals surface area contributed by atoms with Crippen LogP contribution in [0, 0.1) is 0 Å². The van der Waals surface area contributed by atoms with Crippen LogP contribution in [0.5, 0.6) is 17.2 Å². The maximum Gasteiger partial charge on any atom is 0.264 e. The largest absolute Gasteiger partial charge is 0.494 e. The fourth-order valence-electron chi connectivity index (χ4n) is 3.55. The highest BCUT2D eigenvalue weighted by Crippen LogP contribution is 2.29. The Bertz CT molecular complexity index is 1410. The summed E-state index contributed by atoms with van der Waals surface area (Å²) in [5.41, 5.74) is 3.38. The molecule has 0 unspecified atom stereocenters. The van der Waals surface area contributed by atoms with E-state index in [1.807, 2.05) is 20.1 Å². The number of carbonyl (C=O) groups excluding carboxylic acids is 1. The first kappa shape index (κ1) is 30.6. The monoisotopic (exact) mass is 583 g/mol. The second-order valence-electron chi connectivity index (χ2n) is 8.15. The summed E-state index contributed by atoms with van der Waals surface area (Å²) in [6.07, 6.45) is 4.98. The van der Waals surface area contributed by atoms with Crippen molar-refractivity contribution in [2.75, 3.05) is 36.9 Å². The Morgan fingerprint density at radius 1 is 0.975 bits per heavy atom. The molecule has 3 aromatic carbocycles. The summed E-state index contributed by atoms with van der Waals surface area (Å²) in [4.78, 5) is 13.9. The SMILES string of the molecule is C=CCOc1ccc(/C=N\NC(=O)CN(c2ccc(OCC)cc2)S(=O)(=O)c2ccc(SC)cc2)cc1OCC. The minimum atomic E-state index is -4.07. The van der Waals surface area contributed by atoms with Crippen molar-refractivity contribution in [1.82, 2.24) is 5.43 Å².